The Bertz CT molecular complexity index is 332. The van der Waals surface area contributed by atoms with E-state index >= 15 is 0 Å². The summed E-state index contributed by atoms with van der Waals surface area (Å²) in [6.07, 6.45) is 11.7. The van der Waals surface area contributed by atoms with Crippen molar-refractivity contribution in [3.8, 4) is 6.07 Å². The molecule has 0 aliphatic heterocycles. The van der Waals surface area contributed by atoms with E-state index in [2.05, 4.69) is 11.7 Å². The average Bonchev–Trinajstić information content (AvgIpc) is 2.46. The van der Waals surface area contributed by atoms with Crippen LogP contribution < -0.4 is 0 Å². The fourth-order valence-corrected chi connectivity index (χ4v) is 2.02. The van der Waals surface area contributed by atoms with Crippen LogP contribution >= 0.6 is 0 Å². The third-order valence-corrected chi connectivity index (χ3v) is 3.24. The van der Waals surface area contributed by atoms with Crippen LogP contribution in [0, 0.1) is 11.3 Å². The first kappa shape index (κ1) is 18.5. The van der Waals surface area contributed by atoms with E-state index in [0.717, 1.165) is 13.0 Å². The molecule has 20 heavy (non-hydrogen) atoms. The fourth-order valence-electron chi connectivity index (χ4n) is 2.02. The van der Waals surface area contributed by atoms with E-state index < -0.39 is 5.97 Å². The van der Waals surface area contributed by atoms with Gasteiger partial charge in [-0.2, -0.15) is 5.26 Å². The summed E-state index contributed by atoms with van der Waals surface area (Å²) in [4.78, 5) is 13.1. The Morgan fingerprint density at radius 2 is 1.70 bits per heavy atom. The van der Waals surface area contributed by atoms with Crippen LogP contribution in [0.2, 0.25) is 0 Å². The van der Waals surface area contributed by atoms with Gasteiger partial charge in [-0.3, -0.25) is 0 Å². The van der Waals surface area contributed by atoms with Gasteiger partial charge in [0.1, 0.15) is 6.07 Å². The molecule has 0 aromatic heterocycles. The van der Waals surface area contributed by atoms with Gasteiger partial charge >= 0.3 is 5.97 Å². The van der Waals surface area contributed by atoms with Crippen molar-refractivity contribution in [2.24, 2.45) is 0 Å². The van der Waals surface area contributed by atoms with Gasteiger partial charge in [-0.1, -0.05) is 51.9 Å². The number of unbranched alkanes of at least 4 members (excludes halogenated alkanes) is 7. The number of carbonyl (C=O) groups excluding carboxylic acids is 1. The van der Waals surface area contributed by atoms with Crippen LogP contribution in [0.5, 0.6) is 0 Å². The second-order valence-corrected chi connectivity index (χ2v) is 5.10. The Labute approximate surface area is 123 Å². The van der Waals surface area contributed by atoms with Gasteiger partial charge in [0.05, 0.1) is 7.11 Å². The molecule has 0 fully saturated rings. The summed E-state index contributed by atoms with van der Waals surface area (Å²) >= 11 is 0. The Morgan fingerprint density at radius 1 is 1.15 bits per heavy atom. The van der Waals surface area contributed by atoms with Gasteiger partial charge in [-0.05, 0) is 6.42 Å². The smallest absolute Gasteiger partial charge is 0.350 e. The van der Waals surface area contributed by atoms with Gasteiger partial charge in [0.2, 0.25) is 0 Å². The molecule has 0 aliphatic carbocycles. The molecule has 0 spiro atoms. The third kappa shape index (κ3) is 9.43. The molecule has 0 aromatic rings. The maximum atomic E-state index is 11.2. The number of hydrogen-bond donors (Lipinski definition) is 0. The number of rotatable bonds is 11. The van der Waals surface area contributed by atoms with Crippen molar-refractivity contribution in [3.05, 3.63) is 11.8 Å². The van der Waals surface area contributed by atoms with Crippen LogP contribution in [-0.2, 0) is 9.53 Å². The zero-order valence-electron chi connectivity index (χ0n) is 13.2. The largest absolute Gasteiger partial charge is 0.465 e. The molecule has 4 nitrogen and oxygen atoms in total. The quantitative estimate of drug-likeness (QED) is 0.251. The lowest BCUT2D eigenvalue weighted by atomic mass is 10.1. The van der Waals surface area contributed by atoms with Crippen LogP contribution in [0.15, 0.2) is 11.8 Å². The van der Waals surface area contributed by atoms with Crippen molar-refractivity contribution in [3.63, 3.8) is 0 Å². The van der Waals surface area contributed by atoms with Gasteiger partial charge in [-0.15, -0.1) is 0 Å². The predicted molar refractivity (Wildman–Crippen MR) is 81.0 cm³/mol. The monoisotopic (exact) mass is 280 g/mol. The Morgan fingerprint density at radius 3 is 2.20 bits per heavy atom. The van der Waals surface area contributed by atoms with Gasteiger partial charge < -0.3 is 9.64 Å². The van der Waals surface area contributed by atoms with E-state index in [-0.39, 0.29) is 5.57 Å². The topological polar surface area (TPSA) is 53.3 Å². The van der Waals surface area contributed by atoms with E-state index in [1.807, 2.05) is 18.0 Å². The number of ether oxygens (including phenoxy) is 1. The second-order valence-electron chi connectivity index (χ2n) is 5.10. The summed E-state index contributed by atoms with van der Waals surface area (Å²) in [5.74, 6) is -0.574. The van der Waals surface area contributed by atoms with Gasteiger partial charge in [0.15, 0.2) is 5.57 Å². The summed E-state index contributed by atoms with van der Waals surface area (Å²) in [5, 5.41) is 8.84. The summed E-state index contributed by atoms with van der Waals surface area (Å²) < 4.78 is 4.54. The standard InChI is InChI=1S/C16H28N2O2/c1-4-5-6-7-8-9-10-11-12-18(2)14-15(13-17)16(19)20-3/h14H,4-12H2,1-3H3. The molecule has 0 unspecified atom stereocenters. The summed E-state index contributed by atoms with van der Waals surface area (Å²) in [6.45, 7) is 3.09. The normalized spacial score (nSPS) is 11.0. The summed E-state index contributed by atoms with van der Waals surface area (Å²) in [7, 11) is 3.16. The van der Waals surface area contributed by atoms with Gasteiger partial charge in [0, 0.05) is 19.8 Å². The minimum atomic E-state index is -0.574. The first-order valence-electron chi connectivity index (χ1n) is 7.56. The van der Waals surface area contributed by atoms with E-state index in [0.29, 0.717) is 0 Å². The highest BCUT2D eigenvalue weighted by Crippen LogP contribution is 2.09. The zero-order valence-corrected chi connectivity index (χ0v) is 13.2. The molecule has 0 aromatic carbocycles. The first-order chi connectivity index (χ1) is 9.65. The predicted octanol–water partition coefficient (Wildman–Crippen LogP) is 3.64. The number of methoxy groups -OCH3 is 1. The van der Waals surface area contributed by atoms with E-state index in [9.17, 15) is 4.79 Å². The van der Waals surface area contributed by atoms with Crippen LogP contribution in [0.1, 0.15) is 58.3 Å². The third-order valence-electron chi connectivity index (χ3n) is 3.24. The number of carbonyl (C=O) groups is 1. The molecule has 4 heteroatoms. The van der Waals surface area contributed by atoms with Crippen molar-refractivity contribution >= 4 is 5.97 Å². The SMILES string of the molecule is CCCCCCCCCCN(C)C=C(C#N)C(=O)OC. The second kappa shape index (κ2) is 12.5. The Hall–Kier alpha value is -1.50. The van der Waals surface area contributed by atoms with Gasteiger partial charge in [-0.25, -0.2) is 4.79 Å². The molecule has 0 heterocycles. The minimum Gasteiger partial charge on any atom is -0.465 e. The molecule has 0 bridgehead atoms. The molecule has 114 valence electrons. The molecule has 0 N–H and O–H groups in total. The lowest BCUT2D eigenvalue weighted by molar-refractivity contribution is -0.135. The van der Waals surface area contributed by atoms with Crippen molar-refractivity contribution in [2.45, 2.75) is 58.3 Å². The van der Waals surface area contributed by atoms with Crippen LogP contribution in [0.3, 0.4) is 0 Å². The van der Waals surface area contributed by atoms with Crippen molar-refractivity contribution in [1.82, 2.24) is 4.90 Å². The molecule has 0 saturated heterocycles. The van der Waals surface area contributed by atoms with Crippen LogP contribution in [0.25, 0.3) is 0 Å². The molecular weight excluding hydrogens is 252 g/mol. The fraction of sp³-hybridized carbons (Fsp3) is 0.750. The van der Waals surface area contributed by atoms with Gasteiger partial charge in [0.25, 0.3) is 0 Å². The van der Waals surface area contributed by atoms with Crippen molar-refractivity contribution < 1.29 is 9.53 Å². The van der Waals surface area contributed by atoms with E-state index in [1.54, 1.807) is 6.20 Å². The maximum absolute atomic E-state index is 11.2. The molecular formula is C16H28N2O2. The first-order valence-corrected chi connectivity index (χ1v) is 7.56. The average molecular weight is 280 g/mol. The summed E-state index contributed by atoms with van der Waals surface area (Å²) in [5.41, 5.74) is 0.0505. The Balaban J connectivity index is 3.73. The van der Waals surface area contributed by atoms with E-state index in [4.69, 9.17) is 5.26 Å². The number of nitrogens with zero attached hydrogens (tertiary/aromatic N) is 2. The molecule has 0 rings (SSSR count). The number of nitriles is 1. The molecule has 0 saturated carbocycles. The summed E-state index contributed by atoms with van der Waals surface area (Å²) in [6, 6.07) is 1.86. The van der Waals surface area contributed by atoms with Crippen molar-refractivity contribution in [2.75, 3.05) is 20.7 Å². The lowest BCUT2D eigenvalue weighted by Gasteiger charge is -2.14. The zero-order chi connectivity index (χ0) is 15.2. The molecule has 0 radical (unpaired) electrons. The molecule has 0 aliphatic rings. The van der Waals surface area contributed by atoms with E-state index in [1.165, 1.54) is 52.1 Å². The highest BCUT2D eigenvalue weighted by atomic mass is 16.5. The highest BCUT2D eigenvalue weighted by Gasteiger charge is 2.09. The molecule has 0 amide bonds. The lowest BCUT2D eigenvalue weighted by Crippen LogP contribution is -2.15. The van der Waals surface area contributed by atoms with Crippen LogP contribution in [0.4, 0.5) is 0 Å². The molecule has 0 atom stereocenters. The minimum absolute atomic E-state index is 0.0505. The number of hydrogen-bond acceptors (Lipinski definition) is 4. The highest BCUT2D eigenvalue weighted by molar-refractivity contribution is 5.92. The maximum Gasteiger partial charge on any atom is 0.350 e. The number of esters is 1. The Kier molecular flexibility index (Phi) is 11.6. The van der Waals surface area contributed by atoms with Crippen LogP contribution in [-0.4, -0.2) is 31.6 Å². The van der Waals surface area contributed by atoms with Crippen molar-refractivity contribution in [1.29, 1.82) is 5.26 Å².